The van der Waals surface area contributed by atoms with E-state index in [1.807, 2.05) is 0 Å². The number of fused-ring (bicyclic) bond motifs is 1. The smallest absolute Gasteiger partial charge is 0.337 e. The van der Waals surface area contributed by atoms with E-state index in [0.29, 0.717) is 15.8 Å². The molecule has 1 aromatic heterocycles. The van der Waals surface area contributed by atoms with Gasteiger partial charge in [0.05, 0.1) is 21.6 Å². The van der Waals surface area contributed by atoms with E-state index in [9.17, 15) is 4.79 Å². The summed E-state index contributed by atoms with van der Waals surface area (Å²) in [7, 11) is 0. The molecule has 14 heavy (non-hydrogen) atoms. The minimum absolute atomic E-state index is 0.0596. The van der Waals surface area contributed by atoms with Crippen LogP contribution in [0.4, 0.5) is 0 Å². The Bertz CT molecular complexity index is 572. The first-order valence-electron chi connectivity index (χ1n) is 3.73. The first-order valence-corrected chi connectivity index (χ1v) is 4.52. The highest BCUT2D eigenvalue weighted by Gasteiger charge is 2.12. The Morgan fingerprint density at radius 2 is 2.14 bits per heavy atom. The van der Waals surface area contributed by atoms with Gasteiger partial charge in [-0.25, -0.2) is 4.79 Å². The van der Waals surface area contributed by atoms with Crippen LogP contribution in [-0.4, -0.2) is 21.0 Å². The highest BCUT2D eigenvalue weighted by Crippen LogP contribution is 2.24. The molecule has 2 aromatic rings. The molecule has 1 heterocycles. The molecule has 0 aliphatic heterocycles. The van der Waals surface area contributed by atoms with Crippen molar-refractivity contribution < 1.29 is 9.90 Å². The van der Waals surface area contributed by atoms with Crippen molar-refractivity contribution in [3.63, 3.8) is 0 Å². The Morgan fingerprint density at radius 1 is 1.43 bits per heavy atom. The molecule has 0 radical (unpaired) electrons. The fraction of sp³-hybridized carbons (Fsp3) is 0. The van der Waals surface area contributed by atoms with Crippen LogP contribution in [0.3, 0.4) is 0 Å². The van der Waals surface area contributed by atoms with E-state index in [-0.39, 0.29) is 10.6 Å². The van der Waals surface area contributed by atoms with Crippen LogP contribution in [0, 0.1) is 4.77 Å². The van der Waals surface area contributed by atoms with Crippen LogP contribution in [-0.2, 0) is 0 Å². The van der Waals surface area contributed by atoms with Crippen molar-refractivity contribution in [2.45, 2.75) is 0 Å². The van der Waals surface area contributed by atoms with E-state index < -0.39 is 5.97 Å². The highest BCUT2D eigenvalue weighted by molar-refractivity contribution is 7.71. The van der Waals surface area contributed by atoms with Crippen molar-refractivity contribution in [2.24, 2.45) is 0 Å². The summed E-state index contributed by atoms with van der Waals surface area (Å²) in [6.45, 7) is 0. The van der Waals surface area contributed by atoms with Crippen molar-refractivity contribution in [2.75, 3.05) is 0 Å². The van der Waals surface area contributed by atoms with Crippen molar-refractivity contribution in [3.05, 3.63) is 27.5 Å². The zero-order valence-electron chi connectivity index (χ0n) is 6.80. The molecule has 0 aliphatic carbocycles. The molecular formula is C8H5ClN2O2S. The van der Waals surface area contributed by atoms with Gasteiger partial charge >= 0.3 is 5.97 Å². The minimum Gasteiger partial charge on any atom is -0.478 e. The quantitative estimate of drug-likeness (QED) is 0.657. The average molecular weight is 229 g/mol. The summed E-state index contributed by atoms with van der Waals surface area (Å²) in [6, 6.07) is 3.06. The number of aromatic amines is 2. The molecule has 0 bridgehead atoms. The maximum Gasteiger partial charge on any atom is 0.337 e. The molecule has 0 unspecified atom stereocenters. The predicted octanol–water partition coefficient (Wildman–Crippen LogP) is 2.58. The lowest BCUT2D eigenvalue weighted by Gasteiger charge is -1.98. The lowest BCUT2D eigenvalue weighted by molar-refractivity contribution is 0.0697. The first-order chi connectivity index (χ1) is 6.59. The Hall–Kier alpha value is -1.33. The number of hydrogen-bond acceptors (Lipinski definition) is 2. The number of hydrogen-bond donors (Lipinski definition) is 3. The van der Waals surface area contributed by atoms with Gasteiger partial charge in [-0.2, -0.15) is 0 Å². The first kappa shape index (κ1) is 9.23. The van der Waals surface area contributed by atoms with Gasteiger partial charge in [0.25, 0.3) is 0 Å². The molecule has 4 nitrogen and oxygen atoms in total. The van der Waals surface area contributed by atoms with Crippen molar-refractivity contribution in [1.82, 2.24) is 9.97 Å². The number of aromatic nitrogens is 2. The van der Waals surface area contributed by atoms with Gasteiger partial charge in [-0.05, 0) is 24.4 Å². The topological polar surface area (TPSA) is 68.9 Å². The number of aromatic carboxylic acids is 1. The molecule has 2 rings (SSSR count). The van der Waals surface area contributed by atoms with Crippen molar-refractivity contribution in [3.8, 4) is 0 Å². The third kappa shape index (κ3) is 1.30. The van der Waals surface area contributed by atoms with Gasteiger partial charge in [-0.1, -0.05) is 11.6 Å². The number of rotatable bonds is 1. The van der Waals surface area contributed by atoms with Crippen molar-refractivity contribution in [1.29, 1.82) is 0 Å². The molecule has 72 valence electrons. The van der Waals surface area contributed by atoms with E-state index in [0.717, 1.165) is 0 Å². The van der Waals surface area contributed by atoms with Crippen LogP contribution in [0.1, 0.15) is 10.4 Å². The fourth-order valence-corrected chi connectivity index (χ4v) is 1.74. The van der Waals surface area contributed by atoms with E-state index in [4.69, 9.17) is 28.9 Å². The third-order valence-electron chi connectivity index (χ3n) is 1.86. The summed E-state index contributed by atoms with van der Waals surface area (Å²) >= 11 is 10.7. The molecular weight excluding hydrogens is 224 g/mol. The third-order valence-corrected chi connectivity index (χ3v) is 2.46. The lowest BCUT2D eigenvalue weighted by Crippen LogP contribution is -1.97. The van der Waals surface area contributed by atoms with E-state index in [1.165, 1.54) is 6.07 Å². The standard InChI is InChI=1S/C8H5ClN2O2S/c9-5-3(7(12)13)1-2-4-6(5)11-8(14)10-4/h1-2H,(H,12,13)(H2,10,11,14). The molecule has 0 fully saturated rings. The van der Waals surface area contributed by atoms with Gasteiger partial charge in [0.2, 0.25) is 0 Å². The average Bonchev–Trinajstić information content (AvgIpc) is 2.46. The molecule has 0 atom stereocenters. The minimum atomic E-state index is -1.06. The summed E-state index contributed by atoms with van der Waals surface area (Å²) in [5.74, 6) is -1.06. The Kier molecular flexibility index (Phi) is 2.05. The molecule has 1 aromatic carbocycles. The second kappa shape index (κ2) is 3.11. The molecule has 0 saturated heterocycles. The molecule has 0 spiro atoms. The summed E-state index contributed by atoms with van der Waals surface area (Å²) in [5.41, 5.74) is 1.28. The summed E-state index contributed by atoms with van der Waals surface area (Å²) in [5, 5.41) is 8.97. The van der Waals surface area contributed by atoms with Gasteiger partial charge in [0, 0.05) is 0 Å². The van der Waals surface area contributed by atoms with Gasteiger partial charge in [-0.15, -0.1) is 0 Å². The molecule has 0 aliphatic rings. The molecule has 3 N–H and O–H groups in total. The normalized spacial score (nSPS) is 10.6. The zero-order valence-corrected chi connectivity index (χ0v) is 8.37. The van der Waals surface area contributed by atoms with Crippen LogP contribution in [0.25, 0.3) is 11.0 Å². The monoisotopic (exact) mass is 228 g/mol. The SMILES string of the molecule is O=C(O)c1ccc2[nH]c(=S)[nH]c2c1Cl. The van der Waals surface area contributed by atoms with Gasteiger partial charge in [0.1, 0.15) is 0 Å². The van der Waals surface area contributed by atoms with Crippen LogP contribution < -0.4 is 0 Å². The number of carbonyl (C=O) groups is 1. The van der Waals surface area contributed by atoms with Crippen LogP contribution in [0.5, 0.6) is 0 Å². The predicted molar refractivity (Wildman–Crippen MR) is 55.5 cm³/mol. The van der Waals surface area contributed by atoms with Crippen LogP contribution in [0.15, 0.2) is 12.1 Å². The fourth-order valence-electron chi connectivity index (χ4n) is 1.23. The summed E-state index contributed by atoms with van der Waals surface area (Å²) < 4.78 is 0.421. The summed E-state index contributed by atoms with van der Waals surface area (Å²) in [6.07, 6.45) is 0. The second-order valence-electron chi connectivity index (χ2n) is 2.73. The van der Waals surface area contributed by atoms with Crippen LogP contribution >= 0.6 is 23.8 Å². The number of carboxylic acid groups (broad SMARTS) is 1. The van der Waals surface area contributed by atoms with E-state index in [2.05, 4.69) is 9.97 Å². The molecule has 6 heteroatoms. The Labute approximate surface area is 88.5 Å². The zero-order chi connectivity index (χ0) is 10.3. The number of benzene rings is 1. The Balaban J connectivity index is 2.87. The maximum atomic E-state index is 10.7. The second-order valence-corrected chi connectivity index (χ2v) is 3.52. The van der Waals surface area contributed by atoms with Gasteiger partial charge < -0.3 is 15.1 Å². The van der Waals surface area contributed by atoms with Gasteiger partial charge in [0.15, 0.2) is 4.77 Å². The Morgan fingerprint density at radius 3 is 2.79 bits per heavy atom. The largest absolute Gasteiger partial charge is 0.478 e. The van der Waals surface area contributed by atoms with E-state index >= 15 is 0 Å². The lowest BCUT2D eigenvalue weighted by atomic mass is 10.2. The number of H-pyrrole nitrogens is 2. The number of nitrogens with one attached hydrogen (secondary N) is 2. The number of halogens is 1. The van der Waals surface area contributed by atoms with E-state index in [1.54, 1.807) is 6.07 Å². The number of carboxylic acids is 1. The molecule has 0 amide bonds. The summed E-state index contributed by atoms with van der Waals surface area (Å²) in [4.78, 5) is 16.4. The number of imidazole rings is 1. The van der Waals surface area contributed by atoms with Gasteiger partial charge in [-0.3, -0.25) is 0 Å². The maximum absolute atomic E-state index is 10.7. The van der Waals surface area contributed by atoms with Crippen LogP contribution in [0.2, 0.25) is 5.02 Å². The molecule has 0 saturated carbocycles. The highest BCUT2D eigenvalue weighted by atomic mass is 35.5. The van der Waals surface area contributed by atoms with Crippen molar-refractivity contribution >= 4 is 40.8 Å².